The van der Waals surface area contributed by atoms with Gasteiger partial charge in [-0.05, 0) is 45.3 Å². The summed E-state index contributed by atoms with van der Waals surface area (Å²) in [6.07, 6.45) is 8.01. The molecule has 1 atom stereocenters. The second kappa shape index (κ2) is 8.63. The molecule has 0 aliphatic carbocycles. The Balaban J connectivity index is 1.82. The minimum absolute atomic E-state index is 0.262. The average molecular weight is 290 g/mol. The fraction of sp³-hybridized carbons (Fsp3) is 0.588. The van der Waals surface area contributed by atoms with Crippen molar-refractivity contribution >= 4 is 0 Å². The third-order valence-corrected chi connectivity index (χ3v) is 3.75. The van der Waals surface area contributed by atoms with Crippen LogP contribution in [0.3, 0.4) is 0 Å². The first kappa shape index (κ1) is 15.8. The first-order valence-corrected chi connectivity index (χ1v) is 7.62. The van der Waals surface area contributed by atoms with Gasteiger partial charge in [-0.2, -0.15) is 0 Å². The van der Waals surface area contributed by atoms with Crippen molar-refractivity contribution in [2.24, 2.45) is 0 Å². The number of rotatable bonds is 6. The van der Waals surface area contributed by atoms with Gasteiger partial charge in [0.05, 0.1) is 12.9 Å². The molecular weight excluding hydrogens is 267 g/mol. The van der Waals surface area contributed by atoms with Gasteiger partial charge >= 0.3 is 0 Å². The van der Waals surface area contributed by atoms with Gasteiger partial charge in [0.25, 0.3) is 0 Å². The van der Waals surface area contributed by atoms with Gasteiger partial charge in [-0.1, -0.05) is 11.8 Å². The van der Waals surface area contributed by atoms with Crippen LogP contribution < -0.4 is 4.74 Å². The van der Waals surface area contributed by atoms with Crippen LogP contribution in [0.25, 0.3) is 0 Å². The maximum atomic E-state index is 12.0. The van der Waals surface area contributed by atoms with E-state index in [1.165, 1.54) is 12.8 Å². The van der Waals surface area contributed by atoms with Gasteiger partial charge in [-0.3, -0.25) is 9.37 Å². The van der Waals surface area contributed by atoms with Crippen LogP contribution >= 0.6 is 0 Å². The highest BCUT2D eigenvalue weighted by molar-refractivity contribution is 5.36. The summed E-state index contributed by atoms with van der Waals surface area (Å²) in [6, 6.07) is 2.42. The SMILES string of the molecule is CN1CCCC1COc1cncc(C#CCCCCF)c1. The number of hydrogen-bond donors (Lipinski definition) is 0. The zero-order valence-corrected chi connectivity index (χ0v) is 12.6. The van der Waals surface area contributed by atoms with Crippen molar-refractivity contribution < 1.29 is 9.13 Å². The Hall–Kier alpha value is -1.60. The minimum Gasteiger partial charge on any atom is -0.490 e. The summed E-state index contributed by atoms with van der Waals surface area (Å²) in [5, 5.41) is 0. The van der Waals surface area contributed by atoms with Crippen LogP contribution in [0.15, 0.2) is 18.5 Å². The van der Waals surface area contributed by atoms with Crippen LogP contribution in [0.1, 0.15) is 37.7 Å². The highest BCUT2D eigenvalue weighted by atomic mass is 19.1. The number of hydrogen-bond acceptors (Lipinski definition) is 3. The summed E-state index contributed by atoms with van der Waals surface area (Å²) in [7, 11) is 2.14. The maximum absolute atomic E-state index is 12.0. The van der Waals surface area contributed by atoms with Crippen molar-refractivity contribution in [2.45, 2.75) is 38.1 Å². The van der Waals surface area contributed by atoms with Gasteiger partial charge in [0.15, 0.2) is 0 Å². The van der Waals surface area contributed by atoms with E-state index in [9.17, 15) is 4.39 Å². The van der Waals surface area contributed by atoms with E-state index < -0.39 is 0 Å². The Morgan fingerprint density at radius 2 is 2.33 bits per heavy atom. The lowest BCUT2D eigenvalue weighted by molar-refractivity contribution is 0.198. The van der Waals surface area contributed by atoms with Crippen molar-refractivity contribution in [2.75, 3.05) is 26.9 Å². The Labute approximate surface area is 126 Å². The van der Waals surface area contributed by atoms with E-state index in [4.69, 9.17) is 4.74 Å². The van der Waals surface area contributed by atoms with Crippen LogP contribution in [0, 0.1) is 11.8 Å². The topological polar surface area (TPSA) is 25.4 Å². The van der Waals surface area contributed by atoms with Crippen LogP contribution in [-0.2, 0) is 0 Å². The molecule has 0 amide bonds. The molecular formula is C17H23FN2O. The standard InChI is InChI=1S/C17H23FN2O/c1-20-10-6-8-16(20)14-21-17-11-15(12-19-13-17)7-4-2-3-5-9-18/h11-13,16H,2-3,5-6,8-10,14H2,1H3. The fourth-order valence-corrected chi connectivity index (χ4v) is 2.42. The number of ether oxygens (including phenoxy) is 1. The van der Waals surface area contributed by atoms with E-state index >= 15 is 0 Å². The number of likely N-dealkylation sites (tertiary alicyclic amines) is 1. The van der Waals surface area contributed by atoms with Gasteiger partial charge in [0.1, 0.15) is 12.4 Å². The molecule has 2 heterocycles. The predicted octanol–water partition coefficient (Wildman–Crippen LogP) is 3.05. The molecule has 4 heteroatoms. The third-order valence-electron chi connectivity index (χ3n) is 3.75. The second-order valence-corrected chi connectivity index (χ2v) is 5.44. The van der Waals surface area contributed by atoms with E-state index in [-0.39, 0.29) is 6.67 Å². The highest BCUT2D eigenvalue weighted by Crippen LogP contribution is 2.17. The number of halogens is 1. The summed E-state index contributed by atoms with van der Waals surface area (Å²) in [6.45, 7) is 1.59. The van der Waals surface area contributed by atoms with E-state index in [1.54, 1.807) is 12.4 Å². The first-order valence-electron chi connectivity index (χ1n) is 7.62. The molecule has 1 saturated heterocycles. The molecule has 0 N–H and O–H groups in total. The molecule has 1 aromatic rings. The molecule has 1 aliphatic rings. The number of nitrogens with zero attached hydrogens (tertiary/aromatic N) is 2. The fourth-order valence-electron chi connectivity index (χ4n) is 2.42. The lowest BCUT2D eigenvalue weighted by Crippen LogP contribution is -2.30. The summed E-state index contributed by atoms with van der Waals surface area (Å²) < 4.78 is 17.8. The molecule has 0 aromatic carbocycles. The summed E-state index contributed by atoms with van der Waals surface area (Å²) >= 11 is 0. The van der Waals surface area contributed by atoms with Gasteiger partial charge in [0.2, 0.25) is 0 Å². The van der Waals surface area contributed by atoms with Crippen LogP contribution in [0.5, 0.6) is 5.75 Å². The van der Waals surface area contributed by atoms with E-state index in [1.807, 2.05) is 6.07 Å². The van der Waals surface area contributed by atoms with Crippen LogP contribution in [-0.4, -0.2) is 42.8 Å². The van der Waals surface area contributed by atoms with Crippen molar-refractivity contribution in [3.8, 4) is 17.6 Å². The van der Waals surface area contributed by atoms with E-state index in [2.05, 4.69) is 28.8 Å². The van der Waals surface area contributed by atoms with Crippen molar-refractivity contribution in [3.63, 3.8) is 0 Å². The molecule has 0 spiro atoms. The monoisotopic (exact) mass is 290 g/mol. The Morgan fingerprint density at radius 1 is 1.43 bits per heavy atom. The molecule has 114 valence electrons. The summed E-state index contributed by atoms with van der Waals surface area (Å²) in [4.78, 5) is 6.50. The van der Waals surface area contributed by atoms with Gasteiger partial charge < -0.3 is 9.64 Å². The molecule has 1 aliphatic heterocycles. The van der Waals surface area contributed by atoms with E-state index in [0.717, 1.165) is 30.7 Å². The van der Waals surface area contributed by atoms with Crippen molar-refractivity contribution in [3.05, 3.63) is 24.0 Å². The zero-order chi connectivity index (χ0) is 14.9. The molecule has 1 unspecified atom stereocenters. The lowest BCUT2D eigenvalue weighted by atomic mass is 10.2. The van der Waals surface area contributed by atoms with E-state index in [0.29, 0.717) is 19.1 Å². The van der Waals surface area contributed by atoms with Gasteiger partial charge in [0, 0.05) is 24.2 Å². The van der Waals surface area contributed by atoms with Gasteiger partial charge in [-0.15, -0.1) is 0 Å². The predicted molar refractivity (Wildman–Crippen MR) is 82.1 cm³/mol. The molecule has 0 bridgehead atoms. The van der Waals surface area contributed by atoms with Crippen LogP contribution in [0.4, 0.5) is 4.39 Å². The third kappa shape index (κ3) is 5.35. The Kier molecular flexibility index (Phi) is 6.49. The number of alkyl halides is 1. The molecule has 1 aromatic heterocycles. The first-order chi connectivity index (χ1) is 10.3. The normalized spacial score (nSPS) is 18.3. The smallest absolute Gasteiger partial charge is 0.138 e. The molecule has 2 rings (SSSR count). The molecule has 0 radical (unpaired) electrons. The van der Waals surface area contributed by atoms with Crippen molar-refractivity contribution in [1.29, 1.82) is 0 Å². The molecule has 0 saturated carbocycles. The average Bonchev–Trinajstić information content (AvgIpc) is 2.91. The highest BCUT2D eigenvalue weighted by Gasteiger charge is 2.21. The Morgan fingerprint density at radius 3 is 3.10 bits per heavy atom. The number of aromatic nitrogens is 1. The molecule has 21 heavy (non-hydrogen) atoms. The van der Waals surface area contributed by atoms with Crippen LogP contribution in [0.2, 0.25) is 0 Å². The Bertz CT molecular complexity index is 495. The number of likely N-dealkylation sites (N-methyl/N-ethyl adjacent to an activating group) is 1. The molecule has 1 fully saturated rings. The summed E-state index contributed by atoms with van der Waals surface area (Å²) in [5.41, 5.74) is 0.854. The number of pyridine rings is 1. The molecule has 3 nitrogen and oxygen atoms in total. The maximum Gasteiger partial charge on any atom is 0.138 e. The number of unbranched alkanes of at least 4 members (excludes halogenated alkanes) is 2. The quantitative estimate of drug-likeness (QED) is 0.595. The van der Waals surface area contributed by atoms with Gasteiger partial charge in [-0.25, -0.2) is 0 Å². The second-order valence-electron chi connectivity index (χ2n) is 5.44. The largest absolute Gasteiger partial charge is 0.490 e. The lowest BCUT2D eigenvalue weighted by Gasteiger charge is -2.19. The summed E-state index contributed by atoms with van der Waals surface area (Å²) in [5.74, 6) is 6.87. The zero-order valence-electron chi connectivity index (χ0n) is 12.6. The van der Waals surface area contributed by atoms with Crippen molar-refractivity contribution in [1.82, 2.24) is 9.88 Å². The minimum atomic E-state index is -0.262.